The van der Waals surface area contributed by atoms with E-state index in [2.05, 4.69) is 15.2 Å². The summed E-state index contributed by atoms with van der Waals surface area (Å²) >= 11 is 0. The molecule has 0 unspecified atom stereocenters. The molecule has 0 bridgehead atoms. The largest absolute Gasteiger partial charge is 0.354 e. The second-order valence-corrected chi connectivity index (χ2v) is 4.83. The fraction of sp³-hybridized carbons (Fsp3) is 0.615. The van der Waals surface area contributed by atoms with Gasteiger partial charge in [-0.25, -0.2) is 9.37 Å². The van der Waals surface area contributed by atoms with Crippen molar-refractivity contribution in [1.29, 1.82) is 0 Å². The molecule has 17 heavy (non-hydrogen) atoms. The topological polar surface area (TPSA) is 28.2 Å². The molecule has 3 nitrogen and oxygen atoms in total. The van der Waals surface area contributed by atoms with E-state index in [1.807, 2.05) is 0 Å². The third kappa shape index (κ3) is 2.14. The van der Waals surface area contributed by atoms with Gasteiger partial charge < -0.3 is 10.2 Å². The molecule has 0 spiro atoms. The van der Waals surface area contributed by atoms with Gasteiger partial charge in [0.1, 0.15) is 11.6 Å². The highest BCUT2D eigenvalue weighted by molar-refractivity contribution is 5.44. The number of aryl methyl sites for hydroxylation is 1. The van der Waals surface area contributed by atoms with Gasteiger partial charge in [-0.15, -0.1) is 0 Å². The lowest BCUT2D eigenvalue weighted by atomic mass is 9.95. The Morgan fingerprint density at radius 3 is 2.76 bits per heavy atom. The Bertz CT molecular complexity index is 413. The van der Waals surface area contributed by atoms with Crippen LogP contribution < -0.4 is 10.2 Å². The fourth-order valence-electron chi connectivity index (χ4n) is 2.70. The molecule has 1 fully saturated rings. The van der Waals surface area contributed by atoms with Crippen molar-refractivity contribution < 1.29 is 4.39 Å². The van der Waals surface area contributed by atoms with Crippen molar-refractivity contribution in [2.24, 2.45) is 0 Å². The summed E-state index contributed by atoms with van der Waals surface area (Å²) in [5.74, 6) is 0.771. The zero-order valence-corrected chi connectivity index (χ0v) is 10.0. The maximum Gasteiger partial charge on any atom is 0.131 e. The average molecular weight is 235 g/mol. The molecule has 1 aliphatic heterocycles. The van der Waals surface area contributed by atoms with E-state index in [1.165, 1.54) is 0 Å². The van der Waals surface area contributed by atoms with Gasteiger partial charge >= 0.3 is 0 Å². The Balaban J connectivity index is 1.92. The first kappa shape index (κ1) is 11.0. The minimum absolute atomic E-state index is 0.0526. The first-order valence-electron chi connectivity index (χ1n) is 6.48. The zero-order valence-electron chi connectivity index (χ0n) is 10.0. The van der Waals surface area contributed by atoms with Crippen molar-refractivity contribution >= 4 is 5.82 Å². The number of anilines is 1. The van der Waals surface area contributed by atoms with E-state index in [0.29, 0.717) is 0 Å². The lowest BCUT2D eigenvalue weighted by molar-refractivity contribution is 0.555. The second kappa shape index (κ2) is 4.61. The van der Waals surface area contributed by atoms with E-state index in [9.17, 15) is 4.39 Å². The Morgan fingerprint density at radius 2 is 1.94 bits per heavy atom. The van der Waals surface area contributed by atoms with Crippen LogP contribution in [-0.4, -0.2) is 31.2 Å². The normalized spacial score (nSPS) is 20.2. The number of pyridine rings is 1. The first-order valence-corrected chi connectivity index (χ1v) is 6.48. The molecule has 0 saturated carbocycles. The monoisotopic (exact) mass is 235 g/mol. The van der Waals surface area contributed by atoms with Gasteiger partial charge in [-0.2, -0.15) is 0 Å². The van der Waals surface area contributed by atoms with Gasteiger partial charge in [-0.1, -0.05) is 0 Å². The third-order valence-electron chi connectivity index (χ3n) is 3.67. The molecule has 4 heteroatoms. The van der Waals surface area contributed by atoms with E-state index in [-0.39, 0.29) is 5.82 Å². The number of hydrogen-bond donors (Lipinski definition) is 1. The molecule has 1 saturated heterocycles. The Morgan fingerprint density at radius 1 is 1.18 bits per heavy atom. The van der Waals surface area contributed by atoms with Crippen LogP contribution in [0.2, 0.25) is 0 Å². The van der Waals surface area contributed by atoms with Gasteiger partial charge in [0, 0.05) is 43.5 Å². The smallest absolute Gasteiger partial charge is 0.131 e. The number of piperazine rings is 1. The standard InChI is InChI=1S/C13H18FN3/c14-11-9-13(17-7-5-15-6-8-17)16-12-4-2-1-3-10(11)12/h9,15H,1-8H2. The number of aromatic nitrogens is 1. The van der Waals surface area contributed by atoms with Crippen molar-refractivity contribution in [2.75, 3.05) is 31.1 Å². The van der Waals surface area contributed by atoms with Crippen molar-refractivity contribution in [3.8, 4) is 0 Å². The second-order valence-electron chi connectivity index (χ2n) is 4.83. The van der Waals surface area contributed by atoms with Crippen LogP contribution in [0.4, 0.5) is 10.2 Å². The quantitative estimate of drug-likeness (QED) is 0.799. The molecule has 3 rings (SSSR count). The van der Waals surface area contributed by atoms with E-state index >= 15 is 0 Å². The van der Waals surface area contributed by atoms with Crippen molar-refractivity contribution in [3.05, 3.63) is 23.1 Å². The summed E-state index contributed by atoms with van der Waals surface area (Å²) in [6.45, 7) is 3.76. The molecule has 92 valence electrons. The fourth-order valence-corrected chi connectivity index (χ4v) is 2.70. The number of hydrogen-bond acceptors (Lipinski definition) is 3. The summed E-state index contributed by atoms with van der Waals surface area (Å²) in [5.41, 5.74) is 1.85. The maximum atomic E-state index is 14.0. The van der Waals surface area contributed by atoms with Crippen LogP contribution in [0.5, 0.6) is 0 Å². The molecular formula is C13H18FN3. The number of nitrogens with one attached hydrogen (secondary N) is 1. The molecular weight excluding hydrogens is 217 g/mol. The lowest BCUT2D eigenvalue weighted by Gasteiger charge is -2.29. The SMILES string of the molecule is Fc1cc(N2CCNCC2)nc2c1CCCC2. The number of nitrogens with zero attached hydrogens (tertiary/aromatic N) is 2. The van der Waals surface area contributed by atoms with Gasteiger partial charge in [-0.3, -0.25) is 0 Å². The first-order chi connectivity index (χ1) is 8.34. The van der Waals surface area contributed by atoms with Crippen LogP contribution >= 0.6 is 0 Å². The molecule has 0 radical (unpaired) electrons. The van der Waals surface area contributed by atoms with Gasteiger partial charge in [0.2, 0.25) is 0 Å². The molecule has 1 aromatic heterocycles. The van der Waals surface area contributed by atoms with E-state index < -0.39 is 0 Å². The lowest BCUT2D eigenvalue weighted by Crippen LogP contribution is -2.44. The van der Waals surface area contributed by atoms with Crippen molar-refractivity contribution in [2.45, 2.75) is 25.7 Å². The van der Waals surface area contributed by atoms with Crippen LogP contribution in [0.15, 0.2) is 6.07 Å². The van der Waals surface area contributed by atoms with Crippen LogP contribution in [0.25, 0.3) is 0 Å². The van der Waals surface area contributed by atoms with Gasteiger partial charge in [-0.05, 0) is 25.7 Å². The summed E-state index contributed by atoms with van der Waals surface area (Å²) in [5, 5.41) is 3.30. The molecule has 1 N–H and O–H groups in total. The van der Waals surface area contributed by atoms with Crippen LogP contribution in [-0.2, 0) is 12.8 Å². The minimum Gasteiger partial charge on any atom is -0.354 e. The number of fused-ring (bicyclic) bond motifs is 1. The minimum atomic E-state index is -0.0526. The van der Waals surface area contributed by atoms with E-state index in [4.69, 9.17) is 0 Å². The predicted molar refractivity (Wildman–Crippen MR) is 65.9 cm³/mol. The summed E-state index contributed by atoms with van der Waals surface area (Å²) in [4.78, 5) is 6.83. The molecule has 0 atom stereocenters. The summed E-state index contributed by atoms with van der Waals surface area (Å²) in [6.07, 6.45) is 4.03. The predicted octanol–water partition coefficient (Wildman–Crippen LogP) is 1.51. The third-order valence-corrected chi connectivity index (χ3v) is 3.67. The molecule has 2 aliphatic rings. The Labute approximate surface area is 101 Å². The van der Waals surface area contributed by atoms with Crippen LogP contribution in [0, 0.1) is 5.82 Å². The highest BCUT2D eigenvalue weighted by atomic mass is 19.1. The van der Waals surface area contributed by atoms with E-state index in [1.54, 1.807) is 6.07 Å². The van der Waals surface area contributed by atoms with Gasteiger partial charge in [0.15, 0.2) is 0 Å². The zero-order chi connectivity index (χ0) is 11.7. The number of halogens is 1. The molecule has 0 aromatic carbocycles. The molecule has 1 aromatic rings. The average Bonchev–Trinajstić information content (AvgIpc) is 2.40. The summed E-state index contributed by atoms with van der Waals surface area (Å²) in [6, 6.07) is 1.62. The maximum absolute atomic E-state index is 14.0. The summed E-state index contributed by atoms with van der Waals surface area (Å²) < 4.78 is 14.0. The highest BCUT2D eigenvalue weighted by Crippen LogP contribution is 2.25. The number of rotatable bonds is 1. The van der Waals surface area contributed by atoms with Gasteiger partial charge in [0.05, 0.1) is 0 Å². The van der Waals surface area contributed by atoms with E-state index in [0.717, 1.165) is 68.9 Å². The highest BCUT2D eigenvalue weighted by Gasteiger charge is 2.19. The summed E-state index contributed by atoms with van der Waals surface area (Å²) in [7, 11) is 0. The van der Waals surface area contributed by atoms with Crippen LogP contribution in [0.1, 0.15) is 24.1 Å². The molecule has 1 aliphatic carbocycles. The Kier molecular flexibility index (Phi) is 2.97. The Hall–Kier alpha value is -1.16. The van der Waals surface area contributed by atoms with Crippen molar-refractivity contribution in [3.63, 3.8) is 0 Å². The van der Waals surface area contributed by atoms with Crippen LogP contribution in [0.3, 0.4) is 0 Å². The van der Waals surface area contributed by atoms with Crippen molar-refractivity contribution in [1.82, 2.24) is 10.3 Å². The molecule has 2 heterocycles. The molecule has 0 amide bonds. The van der Waals surface area contributed by atoms with Gasteiger partial charge in [0.25, 0.3) is 0 Å².